The molecule has 0 aliphatic carbocycles. The number of methoxy groups -OCH3 is 2. The van der Waals surface area contributed by atoms with Gasteiger partial charge in [0.25, 0.3) is 0 Å². The van der Waals surface area contributed by atoms with Gasteiger partial charge in [-0.1, -0.05) is 0 Å². The Kier molecular flexibility index (Phi) is 3.99. The molecule has 0 N–H and O–H groups in total. The van der Waals surface area contributed by atoms with Gasteiger partial charge in [0.1, 0.15) is 17.9 Å². The molecule has 0 saturated carbocycles. The normalized spacial score (nSPS) is 9.69. The molecular formula is C11H11FO4. The van der Waals surface area contributed by atoms with E-state index in [-0.39, 0.29) is 23.3 Å². The Balaban J connectivity index is 3.16. The zero-order valence-corrected chi connectivity index (χ0v) is 8.95. The topological polar surface area (TPSA) is 52.6 Å². The largest absolute Gasteiger partial charge is 0.496 e. The molecule has 0 unspecified atom stereocenters. The maximum Gasteiger partial charge on any atom is 0.310 e. The fraction of sp³-hybridized carbons (Fsp3) is 0.273. The second-order valence-electron chi connectivity index (χ2n) is 3.05. The van der Waals surface area contributed by atoms with Crippen LogP contribution < -0.4 is 4.74 Å². The third-order valence-corrected chi connectivity index (χ3v) is 2.08. The van der Waals surface area contributed by atoms with E-state index in [0.717, 1.165) is 6.07 Å². The van der Waals surface area contributed by atoms with Gasteiger partial charge in [0.2, 0.25) is 0 Å². The summed E-state index contributed by atoms with van der Waals surface area (Å²) in [4.78, 5) is 21.5. The average molecular weight is 226 g/mol. The minimum absolute atomic E-state index is 0.0833. The monoisotopic (exact) mass is 226 g/mol. The molecule has 0 fully saturated rings. The van der Waals surface area contributed by atoms with Crippen LogP contribution in [0.1, 0.15) is 15.9 Å². The first-order chi connectivity index (χ1) is 7.62. The van der Waals surface area contributed by atoms with Gasteiger partial charge in [-0.2, -0.15) is 0 Å². The summed E-state index contributed by atoms with van der Waals surface area (Å²) < 4.78 is 22.9. The number of halogens is 1. The average Bonchev–Trinajstić information content (AvgIpc) is 2.30. The summed E-state index contributed by atoms with van der Waals surface area (Å²) in [6.07, 6.45) is 0.276. The van der Waals surface area contributed by atoms with Crippen molar-refractivity contribution in [3.8, 4) is 5.75 Å². The van der Waals surface area contributed by atoms with E-state index in [9.17, 15) is 14.0 Å². The van der Waals surface area contributed by atoms with Crippen LogP contribution in [0.2, 0.25) is 0 Å². The Bertz CT molecular complexity index is 415. The first kappa shape index (κ1) is 12.2. The maximum absolute atomic E-state index is 13.5. The Labute approximate surface area is 92.0 Å². The third-order valence-electron chi connectivity index (χ3n) is 2.08. The van der Waals surface area contributed by atoms with E-state index in [4.69, 9.17) is 4.74 Å². The molecule has 0 heterocycles. The summed E-state index contributed by atoms with van der Waals surface area (Å²) in [7, 11) is 2.55. The Hall–Kier alpha value is -1.91. The highest BCUT2D eigenvalue weighted by Gasteiger charge is 2.15. The summed E-state index contributed by atoms with van der Waals surface area (Å²) in [5.74, 6) is -1.07. The Morgan fingerprint density at radius 2 is 2.12 bits per heavy atom. The van der Waals surface area contributed by atoms with Crippen molar-refractivity contribution < 1.29 is 23.5 Å². The van der Waals surface area contributed by atoms with Crippen molar-refractivity contribution in [3.05, 3.63) is 29.1 Å². The van der Waals surface area contributed by atoms with E-state index in [1.54, 1.807) is 0 Å². The number of benzene rings is 1. The second-order valence-corrected chi connectivity index (χ2v) is 3.05. The lowest BCUT2D eigenvalue weighted by Crippen LogP contribution is -2.08. The quantitative estimate of drug-likeness (QED) is 0.574. The van der Waals surface area contributed by atoms with Crippen LogP contribution in [-0.4, -0.2) is 26.5 Å². The molecule has 0 bridgehead atoms. The molecule has 1 aromatic rings. The van der Waals surface area contributed by atoms with E-state index in [1.165, 1.54) is 20.3 Å². The lowest BCUT2D eigenvalue weighted by atomic mass is 10.1. The van der Waals surface area contributed by atoms with Crippen molar-refractivity contribution in [1.29, 1.82) is 0 Å². The first-order valence-electron chi connectivity index (χ1n) is 4.50. The van der Waals surface area contributed by atoms with Crippen molar-refractivity contribution in [2.45, 2.75) is 6.42 Å². The molecule has 0 amide bonds. The zero-order valence-electron chi connectivity index (χ0n) is 8.95. The number of rotatable bonds is 4. The standard InChI is InChI=1S/C11H11FO4/c1-15-10-4-7(6-13)3-9(12)8(10)5-11(14)16-2/h3-4,6H,5H2,1-2H3. The summed E-state index contributed by atoms with van der Waals surface area (Å²) in [5, 5.41) is 0. The molecule has 0 saturated heterocycles. The minimum Gasteiger partial charge on any atom is -0.496 e. The van der Waals surface area contributed by atoms with Crippen LogP contribution in [-0.2, 0) is 16.0 Å². The molecule has 0 spiro atoms. The Morgan fingerprint density at radius 1 is 1.44 bits per heavy atom. The summed E-state index contributed by atoms with van der Waals surface area (Å²) >= 11 is 0. The molecule has 1 aromatic carbocycles. The van der Waals surface area contributed by atoms with Gasteiger partial charge >= 0.3 is 5.97 Å². The van der Waals surface area contributed by atoms with Gasteiger partial charge in [-0.05, 0) is 12.1 Å². The molecule has 5 heteroatoms. The predicted molar refractivity (Wildman–Crippen MR) is 54.1 cm³/mol. The SMILES string of the molecule is COC(=O)Cc1c(F)cc(C=O)cc1OC. The van der Waals surface area contributed by atoms with E-state index in [2.05, 4.69) is 4.74 Å². The highest BCUT2D eigenvalue weighted by molar-refractivity contribution is 5.78. The van der Waals surface area contributed by atoms with E-state index in [1.807, 2.05) is 0 Å². The molecular weight excluding hydrogens is 215 g/mol. The molecule has 0 aliphatic rings. The molecule has 4 nitrogen and oxygen atoms in total. The van der Waals surface area contributed by atoms with Crippen LogP contribution in [0.3, 0.4) is 0 Å². The van der Waals surface area contributed by atoms with Crippen molar-refractivity contribution in [1.82, 2.24) is 0 Å². The number of hydrogen-bond acceptors (Lipinski definition) is 4. The molecule has 0 radical (unpaired) electrons. The maximum atomic E-state index is 13.5. The molecule has 16 heavy (non-hydrogen) atoms. The number of hydrogen-bond donors (Lipinski definition) is 0. The lowest BCUT2D eigenvalue weighted by Gasteiger charge is -2.09. The second kappa shape index (κ2) is 5.25. The lowest BCUT2D eigenvalue weighted by molar-refractivity contribution is -0.139. The van der Waals surface area contributed by atoms with Crippen LogP contribution in [0.4, 0.5) is 4.39 Å². The highest BCUT2D eigenvalue weighted by Crippen LogP contribution is 2.24. The number of ether oxygens (including phenoxy) is 2. The van der Waals surface area contributed by atoms with E-state index >= 15 is 0 Å². The molecule has 0 atom stereocenters. The Morgan fingerprint density at radius 3 is 2.62 bits per heavy atom. The van der Waals surface area contributed by atoms with Gasteiger partial charge in [0, 0.05) is 11.1 Å². The van der Waals surface area contributed by atoms with Gasteiger partial charge in [-0.3, -0.25) is 9.59 Å². The van der Waals surface area contributed by atoms with Crippen molar-refractivity contribution in [3.63, 3.8) is 0 Å². The number of esters is 1. The van der Waals surface area contributed by atoms with Crippen molar-refractivity contribution >= 4 is 12.3 Å². The van der Waals surface area contributed by atoms with Gasteiger partial charge in [0.15, 0.2) is 0 Å². The van der Waals surface area contributed by atoms with Crippen LogP contribution in [0, 0.1) is 5.82 Å². The predicted octanol–water partition coefficient (Wildman–Crippen LogP) is 1.36. The molecule has 0 aromatic heterocycles. The first-order valence-corrected chi connectivity index (χ1v) is 4.50. The van der Waals surface area contributed by atoms with E-state index in [0.29, 0.717) is 6.29 Å². The van der Waals surface area contributed by atoms with Gasteiger partial charge < -0.3 is 9.47 Å². The smallest absolute Gasteiger partial charge is 0.310 e. The number of carbonyl (C=O) groups excluding carboxylic acids is 2. The van der Waals surface area contributed by atoms with E-state index < -0.39 is 11.8 Å². The number of aldehydes is 1. The number of carbonyl (C=O) groups is 2. The van der Waals surface area contributed by atoms with Gasteiger partial charge in [0.05, 0.1) is 20.6 Å². The highest BCUT2D eigenvalue weighted by atomic mass is 19.1. The van der Waals surface area contributed by atoms with Gasteiger partial charge in [-0.25, -0.2) is 4.39 Å². The minimum atomic E-state index is -0.660. The molecule has 0 aliphatic heterocycles. The molecule has 86 valence electrons. The summed E-state index contributed by atoms with van der Waals surface area (Å²) in [6.45, 7) is 0. The zero-order chi connectivity index (χ0) is 12.1. The summed E-state index contributed by atoms with van der Waals surface area (Å²) in [5.41, 5.74) is 0.239. The fourth-order valence-electron chi connectivity index (χ4n) is 1.27. The van der Waals surface area contributed by atoms with Gasteiger partial charge in [-0.15, -0.1) is 0 Å². The van der Waals surface area contributed by atoms with Crippen LogP contribution >= 0.6 is 0 Å². The fourth-order valence-corrected chi connectivity index (χ4v) is 1.27. The van der Waals surface area contributed by atoms with Crippen LogP contribution in [0.25, 0.3) is 0 Å². The third kappa shape index (κ3) is 2.56. The molecule has 1 rings (SSSR count). The summed E-state index contributed by atoms with van der Waals surface area (Å²) in [6, 6.07) is 2.42. The van der Waals surface area contributed by atoms with Crippen molar-refractivity contribution in [2.24, 2.45) is 0 Å². The van der Waals surface area contributed by atoms with Crippen LogP contribution in [0.5, 0.6) is 5.75 Å². The van der Waals surface area contributed by atoms with Crippen molar-refractivity contribution in [2.75, 3.05) is 14.2 Å². The van der Waals surface area contributed by atoms with Crippen LogP contribution in [0.15, 0.2) is 12.1 Å².